The van der Waals surface area contributed by atoms with E-state index >= 15 is 0 Å². The number of carbonyl (C=O) groups excluding carboxylic acids is 1. The van der Waals surface area contributed by atoms with E-state index in [1.165, 1.54) is 29.7 Å². The number of thiophene rings is 1. The lowest BCUT2D eigenvalue weighted by Crippen LogP contribution is -2.07. The highest BCUT2D eigenvalue weighted by molar-refractivity contribution is 7.16. The first-order valence-electron chi connectivity index (χ1n) is 4.71. The van der Waals surface area contributed by atoms with E-state index in [0.29, 0.717) is 6.42 Å². The highest BCUT2D eigenvalue weighted by Crippen LogP contribution is 2.33. The number of aryl methyl sites for hydroxylation is 2. The second kappa shape index (κ2) is 3.50. The molecule has 70 valence electrons. The molecule has 1 heterocycles. The SMILES string of the molecule is CCC(=O)Nc1cc2c(s1)CCC2. The smallest absolute Gasteiger partial charge is 0.224 e. The number of nitrogens with one attached hydrogen (secondary N) is 1. The van der Waals surface area contributed by atoms with Crippen molar-refractivity contribution in [2.75, 3.05) is 5.32 Å². The summed E-state index contributed by atoms with van der Waals surface area (Å²) in [5.74, 6) is 0.111. The van der Waals surface area contributed by atoms with Crippen molar-refractivity contribution >= 4 is 22.2 Å². The van der Waals surface area contributed by atoms with Gasteiger partial charge in [-0.15, -0.1) is 11.3 Å². The Morgan fingerprint density at radius 3 is 3.15 bits per heavy atom. The van der Waals surface area contributed by atoms with Gasteiger partial charge in [0.05, 0.1) is 5.00 Å². The third-order valence-electron chi connectivity index (χ3n) is 2.33. The van der Waals surface area contributed by atoms with Gasteiger partial charge in [0.2, 0.25) is 5.91 Å². The van der Waals surface area contributed by atoms with E-state index in [0.717, 1.165) is 5.00 Å². The maximum absolute atomic E-state index is 11.1. The average molecular weight is 195 g/mol. The largest absolute Gasteiger partial charge is 0.318 e. The molecule has 3 heteroatoms. The molecular weight excluding hydrogens is 182 g/mol. The molecule has 0 aliphatic heterocycles. The lowest BCUT2D eigenvalue weighted by molar-refractivity contribution is -0.115. The van der Waals surface area contributed by atoms with Crippen LogP contribution in [-0.4, -0.2) is 5.91 Å². The summed E-state index contributed by atoms with van der Waals surface area (Å²) < 4.78 is 0. The summed E-state index contributed by atoms with van der Waals surface area (Å²) in [5, 5.41) is 3.93. The molecule has 0 fully saturated rings. The standard InChI is InChI=1S/C10H13NOS/c1-2-9(12)11-10-6-7-4-3-5-8(7)13-10/h6H,2-5H2,1H3,(H,11,12). The van der Waals surface area contributed by atoms with E-state index in [-0.39, 0.29) is 5.91 Å². The van der Waals surface area contributed by atoms with Crippen LogP contribution in [0.4, 0.5) is 5.00 Å². The van der Waals surface area contributed by atoms with Crippen LogP contribution in [0, 0.1) is 0 Å². The van der Waals surface area contributed by atoms with Crippen LogP contribution < -0.4 is 5.32 Å². The molecule has 13 heavy (non-hydrogen) atoms. The Bertz CT molecular complexity index is 308. The van der Waals surface area contributed by atoms with E-state index in [9.17, 15) is 4.79 Å². The molecule has 1 aliphatic carbocycles. The summed E-state index contributed by atoms with van der Waals surface area (Å²) in [5.41, 5.74) is 1.44. The molecule has 0 spiro atoms. The monoisotopic (exact) mass is 195 g/mol. The van der Waals surface area contributed by atoms with Crippen molar-refractivity contribution in [1.29, 1.82) is 0 Å². The first kappa shape index (κ1) is 8.75. The summed E-state index contributed by atoms with van der Waals surface area (Å²) in [4.78, 5) is 12.6. The fourth-order valence-corrected chi connectivity index (χ4v) is 2.79. The Labute approximate surface area is 82.0 Å². The van der Waals surface area contributed by atoms with Crippen LogP contribution in [0.2, 0.25) is 0 Å². The van der Waals surface area contributed by atoms with Crippen molar-refractivity contribution in [3.63, 3.8) is 0 Å². The second-order valence-electron chi connectivity index (χ2n) is 3.31. The Morgan fingerprint density at radius 2 is 2.46 bits per heavy atom. The minimum atomic E-state index is 0.111. The first-order chi connectivity index (χ1) is 6.29. The number of amides is 1. The van der Waals surface area contributed by atoms with Gasteiger partial charge in [-0.2, -0.15) is 0 Å². The number of carbonyl (C=O) groups is 1. The van der Waals surface area contributed by atoms with Gasteiger partial charge in [0, 0.05) is 11.3 Å². The van der Waals surface area contributed by atoms with Crippen LogP contribution in [0.5, 0.6) is 0 Å². The fourth-order valence-electron chi connectivity index (χ4n) is 1.62. The second-order valence-corrected chi connectivity index (χ2v) is 4.45. The topological polar surface area (TPSA) is 29.1 Å². The van der Waals surface area contributed by atoms with E-state index in [2.05, 4.69) is 11.4 Å². The summed E-state index contributed by atoms with van der Waals surface area (Å²) in [7, 11) is 0. The van der Waals surface area contributed by atoms with Crippen molar-refractivity contribution in [2.45, 2.75) is 32.6 Å². The van der Waals surface area contributed by atoms with Crippen LogP contribution in [0.25, 0.3) is 0 Å². The molecule has 1 aliphatic rings. The third-order valence-corrected chi connectivity index (χ3v) is 3.48. The van der Waals surface area contributed by atoms with Crippen LogP contribution >= 0.6 is 11.3 Å². The number of anilines is 1. The minimum Gasteiger partial charge on any atom is -0.318 e. The van der Waals surface area contributed by atoms with Crippen LogP contribution in [0.3, 0.4) is 0 Å². The van der Waals surface area contributed by atoms with Gasteiger partial charge in [0.1, 0.15) is 0 Å². The quantitative estimate of drug-likeness (QED) is 0.772. The Kier molecular flexibility index (Phi) is 2.36. The molecule has 0 unspecified atom stereocenters. The summed E-state index contributed by atoms with van der Waals surface area (Å²) >= 11 is 1.73. The van der Waals surface area contributed by atoms with Crippen LogP contribution in [0.15, 0.2) is 6.07 Å². The van der Waals surface area contributed by atoms with Crippen molar-refractivity contribution in [3.05, 3.63) is 16.5 Å². The van der Waals surface area contributed by atoms with Gasteiger partial charge in [0.15, 0.2) is 0 Å². The summed E-state index contributed by atoms with van der Waals surface area (Å²) in [6.45, 7) is 1.87. The maximum atomic E-state index is 11.1. The zero-order chi connectivity index (χ0) is 9.26. The third kappa shape index (κ3) is 1.75. The average Bonchev–Trinajstić information content (AvgIpc) is 2.63. The highest BCUT2D eigenvalue weighted by Gasteiger charge is 2.15. The normalized spacial score (nSPS) is 14.2. The lowest BCUT2D eigenvalue weighted by atomic mass is 10.3. The van der Waals surface area contributed by atoms with E-state index in [4.69, 9.17) is 0 Å². The molecule has 2 rings (SSSR count). The molecule has 0 atom stereocenters. The fraction of sp³-hybridized carbons (Fsp3) is 0.500. The van der Waals surface area contributed by atoms with Gasteiger partial charge in [0.25, 0.3) is 0 Å². The predicted octanol–water partition coefficient (Wildman–Crippen LogP) is 2.59. The Balaban J connectivity index is 2.10. The molecule has 0 aromatic carbocycles. The highest BCUT2D eigenvalue weighted by atomic mass is 32.1. The Morgan fingerprint density at radius 1 is 1.62 bits per heavy atom. The summed E-state index contributed by atoms with van der Waals surface area (Å²) in [6, 6.07) is 2.13. The van der Waals surface area contributed by atoms with E-state index in [1.807, 2.05) is 6.92 Å². The molecular formula is C10H13NOS. The minimum absolute atomic E-state index is 0.111. The van der Waals surface area contributed by atoms with Crippen molar-refractivity contribution in [1.82, 2.24) is 0 Å². The molecule has 0 radical (unpaired) electrons. The Hall–Kier alpha value is -0.830. The van der Waals surface area contributed by atoms with Crippen molar-refractivity contribution in [3.8, 4) is 0 Å². The molecule has 1 aromatic heterocycles. The molecule has 2 nitrogen and oxygen atoms in total. The van der Waals surface area contributed by atoms with Gasteiger partial charge in [-0.1, -0.05) is 6.92 Å². The maximum Gasteiger partial charge on any atom is 0.224 e. The predicted molar refractivity (Wildman–Crippen MR) is 55.3 cm³/mol. The summed E-state index contributed by atoms with van der Waals surface area (Å²) in [6.07, 6.45) is 4.22. The molecule has 1 amide bonds. The molecule has 0 saturated heterocycles. The van der Waals surface area contributed by atoms with Gasteiger partial charge < -0.3 is 5.32 Å². The van der Waals surface area contributed by atoms with Crippen LogP contribution in [0.1, 0.15) is 30.2 Å². The van der Waals surface area contributed by atoms with E-state index in [1.54, 1.807) is 11.3 Å². The number of hydrogen-bond donors (Lipinski definition) is 1. The lowest BCUT2D eigenvalue weighted by Gasteiger charge is -1.97. The zero-order valence-electron chi connectivity index (χ0n) is 7.72. The van der Waals surface area contributed by atoms with Gasteiger partial charge >= 0.3 is 0 Å². The van der Waals surface area contributed by atoms with Crippen molar-refractivity contribution in [2.24, 2.45) is 0 Å². The van der Waals surface area contributed by atoms with Gasteiger partial charge in [-0.05, 0) is 30.9 Å². The van der Waals surface area contributed by atoms with Crippen molar-refractivity contribution < 1.29 is 4.79 Å². The number of hydrogen-bond acceptors (Lipinski definition) is 2. The zero-order valence-corrected chi connectivity index (χ0v) is 8.54. The molecule has 1 N–H and O–H groups in total. The molecule has 0 saturated carbocycles. The molecule has 0 bridgehead atoms. The van der Waals surface area contributed by atoms with Crippen LogP contribution in [-0.2, 0) is 17.6 Å². The number of rotatable bonds is 2. The van der Waals surface area contributed by atoms with Gasteiger partial charge in [-0.3, -0.25) is 4.79 Å². The molecule has 1 aromatic rings. The first-order valence-corrected chi connectivity index (χ1v) is 5.52. The number of fused-ring (bicyclic) bond motifs is 1. The van der Waals surface area contributed by atoms with E-state index < -0.39 is 0 Å². The van der Waals surface area contributed by atoms with Gasteiger partial charge in [-0.25, -0.2) is 0 Å².